The fraction of sp³-hybridized carbons (Fsp3) is 0.200. The maximum atomic E-state index is 12.2. The van der Waals surface area contributed by atoms with Crippen LogP contribution in [0.15, 0.2) is 53.0 Å². The number of furan rings is 1. The molecule has 0 saturated carbocycles. The molecule has 1 aromatic carbocycles. The summed E-state index contributed by atoms with van der Waals surface area (Å²) < 4.78 is 5.32. The molecule has 0 radical (unpaired) electrons. The molecule has 8 nitrogen and oxygen atoms in total. The lowest BCUT2D eigenvalue weighted by Gasteiger charge is -2.19. The predicted molar refractivity (Wildman–Crippen MR) is 102 cm³/mol. The van der Waals surface area contributed by atoms with Gasteiger partial charge in [-0.1, -0.05) is 30.4 Å². The Morgan fingerprint density at radius 2 is 1.79 bits per heavy atom. The molecule has 2 atom stereocenters. The van der Waals surface area contributed by atoms with Crippen LogP contribution in [0.25, 0.3) is 12.2 Å². The Morgan fingerprint density at radius 3 is 2.36 bits per heavy atom. The number of carbonyl (C=O) groups excluding carboxylic acids is 2. The van der Waals surface area contributed by atoms with Crippen molar-refractivity contribution in [1.82, 2.24) is 10.8 Å². The summed E-state index contributed by atoms with van der Waals surface area (Å²) in [6, 6.07) is 8.78. The standard InChI is InChI=1S/C20H22N2O6/c1-13(24)18(20(26)22-27)21-19(25)15-8-6-14(7-9-15)4-2-3-5-16-10-11-17(12-23)28-16/h2-11,13,18,23-24,27H,12H2,1H3,(H,21,25)(H,22,26)/b4-2+,5-3+/t13-,18+/m1/s1. The lowest BCUT2D eigenvalue weighted by Crippen LogP contribution is -2.51. The molecule has 0 aliphatic rings. The molecular weight excluding hydrogens is 364 g/mol. The second-order valence-electron chi connectivity index (χ2n) is 5.97. The highest BCUT2D eigenvalue weighted by atomic mass is 16.5. The number of allylic oxidation sites excluding steroid dienone is 2. The summed E-state index contributed by atoms with van der Waals surface area (Å²) in [6.07, 6.45) is 5.98. The average molecular weight is 386 g/mol. The van der Waals surface area contributed by atoms with Crippen molar-refractivity contribution < 1.29 is 29.4 Å². The number of carbonyl (C=O) groups is 2. The summed E-state index contributed by atoms with van der Waals surface area (Å²) in [4.78, 5) is 23.7. The average Bonchev–Trinajstić information content (AvgIpc) is 3.17. The van der Waals surface area contributed by atoms with Gasteiger partial charge in [0.25, 0.3) is 11.8 Å². The van der Waals surface area contributed by atoms with Gasteiger partial charge in [0, 0.05) is 5.56 Å². The summed E-state index contributed by atoms with van der Waals surface area (Å²) in [5.41, 5.74) is 2.56. The van der Waals surface area contributed by atoms with Gasteiger partial charge in [0.05, 0.1) is 6.10 Å². The summed E-state index contributed by atoms with van der Waals surface area (Å²) >= 11 is 0. The quantitative estimate of drug-likeness (QED) is 0.265. The van der Waals surface area contributed by atoms with E-state index in [4.69, 9.17) is 14.7 Å². The van der Waals surface area contributed by atoms with E-state index >= 15 is 0 Å². The molecule has 0 spiro atoms. The van der Waals surface area contributed by atoms with Gasteiger partial charge in [-0.3, -0.25) is 14.8 Å². The molecule has 0 bridgehead atoms. The first-order valence-corrected chi connectivity index (χ1v) is 8.52. The van der Waals surface area contributed by atoms with Crippen LogP contribution >= 0.6 is 0 Å². The number of nitrogens with one attached hydrogen (secondary N) is 2. The predicted octanol–water partition coefficient (Wildman–Crippen LogP) is 1.48. The van der Waals surface area contributed by atoms with Crippen molar-refractivity contribution in [1.29, 1.82) is 0 Å². The van der Waals surface area contributed by atoms with Crippen LogP contribution in [-0.2, 0) is 11.4 Å². The Kier molecular flexibility index (Phi) is 7.70. The van der Waals surface area contributed by atoms with Crippen molar-refractivity contribution in [2.75, 3.05) is 0 Å². The highest BCUT2D eigenvalue weighted by Crippen LogP contribution is 2.11. The summed E-state index contributed by atoms with van der Waals surface area (Å²) in [5.74, 6) is -0.341. The fourth-order valence-electron chi connectivity index (χ4n) is 2.33. The zero-order chi connectivity index (χ0) is 20.5. The third-order valence-electron chi connectivity index (χ3n) is 3.83. The Hall–Kier alpha value is -3.20. The molecule has 1 heterocycles. The topological polar surface area (TPSA) is 132 Å². The Bertz CT molecular complexity index is 852. The van der Waals surface area contributed by atoms with E-state index in [1.165, 1.54) is 12.4 Å². The first-order chi connectivity index (χ1) is 13.4. The third-order valence-corrected chi connectivity index (χ3v) is 3.83. The lowest BCUT2D eigenvalue weighted by molar-refractivity contribution is -0.133. The van der Waals surface area contributed by atoms with Gasteiger partial charge in [0.15, 0.2) is 0 Å². The van der Waals surface area contributed by atoms with E-state index in [0.717, 1.165) is 5.56 Å². The van der Waals surface area contributed by atoms with E-state index in [2.05, 4.69) is 5.32 Å². The van der Waals surface area contributed by atoms with Crippen LogP contribution < -0.4 is 10.8 Å². The van der Waals surface area contributed by atoms with Gasteiger partial charge >= 0.3 is 0 Å². The van der Waals surface area contributed by atoms with Crippen molar-refractivity contribution in [2.24, 2.45) is 0 Å². The second kappa shape index (κ2) is 10.2. The zero-order valence-electron chi connectivity index (χ0n) is 15.2. The molecular formula is C20H22N2O6. The van der Waals surface area contributed by atoms with E-state index in [1.807, 2.05) is 6.08 Å². The molecule has 148 valence electrons. The molecule has 2 amide bonds. The van der Waals surface area contributed by atoms with Crippen LogP contribution in [0.3, 0.4) is 0 Å². The molecule has 0 aliphatic heterocycles. The SMILES string of the molecule is C[C@@H](O)[C@H](NC(=O)c1ccc(/C=C/C=C/c2ccc(CO)o2)cc1)C(=O)NO. The van der Waals surface area contributed by atoms with Gasteiger partial charge in [-0.2, -0.15) is 0 Å². The molecule has 0 aliphatic carbocycles. The molecule has 2 aromatic rings. The molecule has 1 aromatic heterocycles. The number of hydroxylamine groups is 1. The first kappa shape index (κ1) is 21.1. The monoisotopic (exact) mass is 386 g/mol. The van der Waals surface area contributed by atoms with Crippen LogP contribution in [0, 0.1) is 0 Å². The number of aliphatic hydroxyl groups excluding tert-OH is 2. The maximum absolute atomic E-state index is 12.2. The van der Waals surface area contributed by atoms with Crippen LogP contribution in [-0.4, -0.2) is 39.4 Å². The molecule has 5 N–H and O–H groups in total. The molecule has 0 unspecified atom stereocenters. The highest BCUT2D eigenvalue weighted by Gasteiger charge is 2.25. The van der Waals surface area contributed by atoms with E-state index < -0.39 is 24.0 Å². The number of hydrogen-bond donors (Lipinski definition) is 5. The van der Waals surface area contributed by atoms with Crippen molar-refractivity contribution >= 4 is 24.0 Å². The Balaban J connectivity index is 1.96. The molecule has 0 fully saturated rings. The smallest absolute Gasteiger partial charge is 0.268 e. The Morgan fingerprint density at radius 1 is 1.11 bits per heavy atom. The van der Waals surface area contributed by atoms with Crippen molar-refractivity contribution in [3.05, 3.63) is 71.2 Å². The van der Waals surface area contributed by atoms with Gasteiger partial charge in [0.2, 0.25) is 0 Å². The van der Waals surface area contributed by atoms with E-state index in [-0.39, 0.29) is 6.61 Å². The van der Waals surface area contributed by atoms with Crippen LogP contribution in [0.1, 0.15) is 34.4 Å². The number of hydrogen-bond acceptors (Lipinski definition) is 6. The zero-order valence-corrected chi connectivity index (χ0v) is 15.2. The van der Waals surface area contributed by atoms with E-state index in [9.17, 15) is 14.7 Å². The fourth-order valence-corrected chi connectivity index (χ4v) is 2.33. The maximum Gasteiger partial charge on any atom is 0.268 e. The van der Waals surface area contributed by atoms with Crippen LogP contribution in [0.2, 0.25) is 0 Å². The van der Waals surface area contributed by atoms with Gasteiger partial charge in [-0.15, -0.1) is 0 Å². The molecule has 8 heteroatoms. The van der Waals surface area contributed by atoms with Crippen LogP contribution in [0.4, 0.5) is 0 Å². The first-order valence-electron chi connectivity index (χ1n) is 8.52. The van der Waals surface area contributed by atoms with Crippen molar-refractivity contribution in [3.8, 4) is 0 Å². The number of aliphatic hydroxyl groups is 2. The lowest BCUT2D eigenvalue weighted by atomic mass is 10.1. The minimum absolute atomic E-state index is 0.147. The summed E-state index contributed by atoms with van der Waals surface area (Å²) in [5, 5.41) is 29.5. The van der Waals surface area contributed by atoms with Gasteiger partial charge in [-0.05, 0) is 42.8 Å². The number of amides is 2. The molecule has 28 heavy (non-hydrogen) atoms. The minimum Gasteiger partial charge on any atom is -0.459 e. The third kappa shape index (κ3) is 5.92. The summed E-state index contributed by atoms with van der Waals surface area (Å²) in [6.45, 7) is 1.18. The van der Waals surface area contributed by atoms with E-state index in [1.54, 1.807) is 54.6 Å². The normalized spacial score (nSPS) is 13.6. The van der Waals surface area contributed by atoms with Crippen molar-refractivity contribution in [3.63, 3.8) is 0 Å². The van der Waals surface area contributed by atoms with Gasteiger partial charge in [0.1, 0.15) is 24.2 Å². The van der Waals surface area contributed by atoms with Gasteiger partial charge < -0.3 is 19.9 Å². The van der Waals surface area contributed by atoms with Gasteiger partial charge in [-0.25, -0.2) is 5.48 Å². The minimum atomic E-state index is -1.27. The largest absolute Gasteiger partial charge is 0.459 e. The van der Waals surface area contributed by atoms with Crippen molar-refractivity contribution in [2.45, 2.75) is 25.7 Å². The molecule has 2 rings (SSSR count). The van der Waals surface area contributed by atoms with E-state index in [0.29, 0.717) is 17.1 Å². The molecule has 0 saturated heterocycles. The number of rotatable bonds is 8. The highest BCUT2D eigenvalue weighted by molar-refractivity contribution is 5.97. The number of benzene rings is 1. The Labute approximate surface area is 161 Å². The summed E-state index contributed by atoms with van der Waals surface area (Å²) in [7, 11) is 0. The second-order valence-corrected chi connectivity index (χ2v) is 5.97. The van der Waals surface area contributed by atoms with Crippen LogP contribution in [0.5, 0.6) is 0 Å².